The summed E-state index contributed by atoms with van der Waals surface area (Å²) in [6, 6.07) is 4.46. The highest BCUT2D eigenvalue weighted by Crippen LogP contribution is 2.13. The molecule has 0 aromatic carbocycles. The Balaban J connectivity index is 1.55. The molecule has 8 nitrogen and oxygen atoms in total. The SMILES string of the molecule is Cc1ccc(OCc2cc(C(=O)NC3CCOC3=O)no2)cn1. The minimum Gasteiger partial charge on any atom is -0.484 e. The second-order valence-electron chi connectivity index (χ2n) is 5.08. The first kappa shape index (κ1) is 15.0. The molecular weight excluding hydrogens is 302 g/mol. The normalized spacial score (nSPS) is 16.9. The number of aryl methyl sites for hydroxylation is 1. The van der Waals surface area contributed by atoms with E-state index in [1.165, 1.54) is 6.07 Å². The van der Waals surface area contributed by atoms with Crippen LogP contribution in [0, 0.1) is 6.92 Å². The topological polar surface area (TPSA) is 104 Å². The molecule has 1 atom stereocenters. The standard InChI is InChI=1S/C15H15N3O5/c1-9-2-3-10(7-16-9)22-8-11-6-13(18-23-11)14(19)17-12-4-5-21-15(12)20/h2-3,6-7,12H,4-5,8H2,1H3,(H,17,19). The van der Waals surface area contributed by atoms with Crippen LogP contribution in [-0.2, 0) is 16.1 Å². The van der Waals surface area contributed by atoms with Crippen molar-refractivity contribution >= 4 is 11.9 Å². The molecule has 0 saturated carbocycles. The van der Waals surface area contributed by atoms with Crippen LogP contribution < -0.4 is 10.1 Å². The van der Waals surface area contributed by atoms with E-state index >= 15 is 0 Å². The third-order valence-electron chi connectivity index (χ3n) is 3.30. The zero-order valence-corrected chi connectivity index (χ0v) is 12.4. The molecular formula is C15H15N3O5. The lowest BCUT2D eigenvalue weighted by atomic mass is 10.2. The number of amides is 1. The van der Waals surface area contributed by atoms with Crippen molar-refractivity contribution in [3.05, 3.63) is 41.5 Å². The van der Waals surface area contributed by atoms with Crippen LogP contribution in [0.4, 0.5) is 0 Å². The smallest absolute Gasteiger partial charge is 0.328 e. The first-order valence-electron chi connectivity index (χ1n) is 7.10. The Bertz CT molecular complexity index is 710. The second kappa shape index (κ2) is 6.47. The maximum absolute atomic E-state index is 12.0. The molecule has 1 aliphatic rings. The van der Waals surface area contributed by atoms with E-state index in [1.54, 1.807) is 12.3 Å². The second-order valence-corrected chi connectivity index (χ2v) is 5.08. The number of ether oxygens (including phenoxy) is 2. The molecule has 23 heavy (non-hydrogen) atoms. The quantitative estimate of drug-likeness (QED) is 0.820. The van der Waals surface area contributed by atoms with Crippen LogP contribution in [0.2, 0.25) is 0 Å². The number of hydrogen-bond acceptors (Lipinski definition) is 7. The molecule has 120 valence electrons. The summed E-state index contributed by atoms with van der Waals surface area (Å²) in [7, 11) is 0. The Morgan fingerprint density at radius 2 is 2.35 bits per heavy atom. The highest BCUT2D eigenvalue weighted by atomic mass is 16.5. The fraction of sp³-hybridized carbons (Fsp3) is 0.333. The highest BCUT2D eigenvalue weighted by Gasteiger charge is 2.29. The highest BCUT2D eigenvalue weighted by molar-refractivity contribution is 5.95. The number of cyclic esters (lactones) is 1. The number of aromatic nitrogens is 2. The summed E-state index contributed by atoms with van der Waals surface area (Å²) < 4.78 is 15.3. The molecule has 1 N–H and O–H groups in total. The molecule has 0 bridgehead atoms. The number of nitrogens with one attached hydrogen (secondary N) is 1. The number of carbonyl (C=O) groups is 2. The molecule has 8 heteroatoms. The van der Waals surface area contributed by atoms with E-state index in [2.05, 4.69) is 15.5 Å². The Morgan fingerprint density at radius 3 is 3.04 bits per heavy atom. The number of esters is 1. The van der Waals surface area contributed by atoms with Gasteiger partial charge in [0.25, 0.3) is 5.91 Å². The Morgan fingerprint density at radius 1 is 1.48 bits per heavy atom. The van der Waals surface area contributed by atoms with Gasteiger partial charge in [0.15, 0.2) is 11.5 Å². The third-order valence-corrected chi connectivity index (χ3v) is 3.30. The van der Waals surface area contributed by atoms with E-state index in [1.807, 2.05) is 13.0 Å². The van der Waals surface area contributed by atoms with Crippen molar-refractivity contribution in [2.45, 2.75) is 26.0 Å². The first-order chi connectivity index (χ1) is 11.1. The summed E-state index contributed by atoms with van der Waals surface area (Å²) in [6.07, 6.45) is 2.06. The van der Waals surface area contributed by atoms with Crippen molar-refractivity contribution in [3.63, 3.8) is 0 Å². The van der Waals surface area contributed by atoms with Gasteiger partial charge in [0.1, 0.15) is 18.4 Å². The summed E-state index contributed by atoms with van der Waals surface area (Å²) in [5, 5.41) is 6.23. The average Bonchev–Trinajstić information content (AvgIpc) is 3.17. The predicted molar refractivity (Wildman–Crippen MR) is 76.6 cm³/mol. The van der Waals surface area contributed by atoms with E-state index in [0.29, 0.717) is 24.5 Å². The van der Waals surface area contributed by atoms with E-state index in [9.17, 15) is 9.59 Å². The molecule has 1 fully saturated rings. The van der Waals surface area contributed by atoms with Crippen LogP contribution in [0.3, 0.4) is 0 Å². The Kier molecular flexibility index (Phi) is 4.22. The van der Waals surface area contributed by atoms with E-state index in [0.717, 1.165) is 5.69 Å². The number of nitrogens with zero attached hydrogens (tertiary/aromatic N) is 2. The molecule has 1 unspecified atom stereocenters. The molecule has 0 aliphatic carbocycles. The predicted octanol–water partition coefficient (Wildman–Crippen LogP) is 1.00. The summed E-state index contributed by atoms with van der Waals surface area (Å²) in [4.78, 5) is 27.4. The maximum atomic E-state index is 12.0. The first-order valence-corrected chi connectivity index (χ1v) is 7.10. The minimum absolute atomic E-state index is 0.0883. The fourth-order valence-electron chi connectivity index (χ4n) is 2.04. The summed E-state index contributed by atoms with van der Waals surface area (Å²) >= 11 is 0. The van der Waals surface area contributed by atoms with E-state index in [-0.39, 0.29) is 12.3 Å². The zero-order valence-electron chi connectivity index (χ0n) is 12.4. The lowest BCUT2D eigenvalue weighted by Crippen LogP contribution is -2.38. The van der Waals surface area contributed by atoms with Gasteiger partial charge in [-0.15, -0.1) is 0 Å². The van der Waals surface area contributed by atoms with Crippen LogP contribution in [0.5, 0.6) is 5.75 Å². The molecule has 2 aromatic rings. The van der Waals surface area contributed by atoms with E-state index < -0.39 is 17.9 Å². The van der Waals surface area contributed by atoms with E-state index in [4.69, 9.17) is 14.0 Å². The summed E-state index contributed by atoms with van der Waals surface area (Å²) in [6.45, 7) is 2.31. The van der Waals surface area contributed by atoms with Crippen molar-refractivity contribution in [2.75, 3.05) is 6.61 Å². The summed E-state index contributed by atoms with van der Waals surface area (Å²) in [5.74, 6) is 0.0644. The molecule has 1 saturated heterocycles. The Labute approximate surface area is 131 Å². The number of carbonyl (C=O) groups excluding carboxylic acids is 2. The molecule has 0 spiro atoms. The van der Waals surface area contributed by atoms with Crippen LogP contribution in [0.15, 0.2) is 28.9 Å². The van der Waals surface area contributed by atoms with Crippen molar-refractivity contribution in [2.24, 2.45) is 0 Å². The van der Waals surface area contributed by atoms with Crippen molar-refractivity contribution in [1.82, 2.24) is 15.5 Å². The van der Waals surface area contributed by atoms with Gasteiger partial charge in [-0.2, -0.15) is 0 Å². The van der Waals surface area contributed by atoms with Gasteiger partial charge in [-0.3, -0.25) is 9.78 Å². The van der Waals surface area contributed by atoms with Gasteiger partial charge < -0.3 is 19.3 Å². The number of pyridine rings is 1. The monoisotopic (exact) mass is 317 g/mol. The lowest BCUT2D eigenvalue weighted by Gasteiger charge is -2.05. The molecule has 1 amide bonds. The van der Waals surface area contributed by atoms with Gasteiger partial charge in [0.2, 0.25) is 0 Å². The minimum atomic E-state index is -0.627. The van der Waals surface area contributed by atoms with Gasteiger partial charge in [-0.05, 0) is 19.1 Å². The van der Waals surface area contributed by atoms with Crippen molar-refractivity contribution in [1.29, 1.82) is 0 Å². The molecule has 2 aromatic heterocycles. The van der Waals surface area contributed by atoms with Gasteiger partial charge in [-0.1, -0.05) is 5.16 Å². The van der Waals surface area contributed by atoms with Gasteiger partial charge >= 0.3 is 5.97 Å². The largest absolute Gasteiger partial charge is 0.484 e. The zero-order chi connectivity index (χ0) is 16.2. The van der Waals surface area contributed by atoms with Gasteiger partial charge in [-0.25, -0.2) is 4.79 Å². The van der Waals surface area contributed by atoms with Crippen molar-refractivity contribution in [3.8, 4) is 5.75 Å². The number of rotatable bonds is 5. The number of hydrogen-bond donors (Lipinski definition) is 1. The van der Waals surface area contributed by atoms with Crippen LogP contribution in [0.25, 0.3) is 0 Å². The average molecular weight is 317 g/mol. The fourth-order valence-corrected chi connectivity index (χ4v) is 2.04. The van der Waals surface area contributed by atoms with Crippen LogP contribution in [-0.4, -0.2) is 34.7 Å². The molecule has 3 heterocycles. The third kappa shape index (κ3) is 3.65. The van der Waals surface area contributed by atoms with Crippen LogP contribution in [0.1, 0.15) is 28.4 Å². The van der Waals surface area contributed by atoms with Crippen molar-refractivity contribution < 1.29 is 23.6 Å². The molecule has 1 aliphatic heterocycles. The van der Waals surface area contributed by atoms with Crippen LogP contribution >= 0.6 is 0 Å². The Hall–Kier alpha value is -2.90. The summed E-state index contributed by atoms with van der Waals surface area (Å²) in [5.41, 5.74) is 0.978. The molecule has 3 rings (SSSR count). The maximum Gasteiger partial charge on any atom is 0.328 e. The lowest BCUT2D eigenvalue weighted by molar-refractivity contribution is -0.139. The van der Waals surface area contributed by atoms with Gasteiger partial charge in [0, 0.05) is 18.2 Å². The molecule has 0 radical (unpaired) electrons. The van der Waals surface area contributed by atoms with Gasteiger partial charge in [0.05, 0.1) is 12.8 Å².